The molecule has 1 N–H and O–H groups in total. The van der Waals surface area contributed by atoms with E-state index in [1.807, 2.05) is 11.6 Å². The molecule has 5 heteroatoms. The number of hydrogen-bond donors (Lipinski definition) is 1. The normalized spacial score (nSPS) is 9.83. The average Bonchev–Trinajstić information content (AvgIpc) is 2.36. The number of carbonyl (C=O) groups excluding carboxylic acids is 1. The molecule has 0 spiro atoms. The molecule has 0 aliphatic rings. The van der Waals surface area contributed by atoms with Crippen LogP contribution in [0.25, 0.3) is 0 Å². The molecular formula is C7H11N3O2. The second kappa shape index (κ2) is 3.87. The predicted octanol–water partition coefficient (Wildman–Crippen LogP) is -0.0122. The van der Waals surface area contributed by atoms with Gasteiger partial charge in [-0.15, -0.1) is 0 Å². The average molecular weight is 169 g/mol. The van der Waals surface area contributed by atoms with Crippen molar-refractivity contribution in [2.45, 2.75) is 13.5 Å². The number of nitrogens with one attached hydrogen (secondary N) is 1. The number of imidazole rings is 1. The Kier molecular flexibility index (Phi) is 2.82. The summed E-state index contributed by atoms with van der Waals surface area (Å²) < 4.78 is 1.82. The van der Waals surface area contributed by atoms with Crippen molar-refractivity contribution in [3.8, 4) is 0 Å². The van der Waals surface area contributed by atoms with E-state index in [2.05, 4.69) is 10.5 Å². The maximum absolute atomic E-state index is 10.4. The van der Waals surface area contributed by atoms with Crippen molar-refractivity contribution in [1.82, 2.24) is 15.0 Å². The van der Waals surface area contributed by atoms with E-state index in [0.29, 0.717) is 6.61 Å². The Bertz CT molecular complexity index is 269. The van der Waals surface area contributed by atoms with Crippen molar-refractivity contribution >= 4 is 5.91 Å². The van der Waals surface area contributed by atoms with Crippen LogP contribution in [0, 0.1) is 0 Å². The first-order chi connectivity index (χ1) is 5.70. The van der Waals surface area contributed by atoms with Gasteiger partial charge in [-0.1, -0.05) is 0 Å². The highest BCUT2D eigenvalue weighted by Gasteiger charge is 1.98. The topological polar surface area (TPSA) is 56.1 Å². The van der Waals surface area contributed by atoms with E-state index < -0.39 is 0 Å². The summed E-state index contributed by atoms with van der Waals surface area (Å²) in [7, 11) is 1.86. The summed E-state index contributed by atoms with van der Waals surface area (Å²) in [5.74, 6) is -0.211. The van der Waals surface area contributed by atoms with E-state index in [4.69, 9.17) is 4.84 Å². The van der Waals surface area contributed by atoms with Gasteiger partial charge in [0.25, 0.3) is 0 Å². The van der Waals surface area contributed by atoms with Crippen molar-refractivity contribution in [2.75, 3.05) is 0 Å². The van der Waals surface area contributed by atoms with Crippen LogP contribution in [0.5, 0.6) is 0 Å². The fraction of sp³-hybridized carbons (Fsp3) is 0.429. The molecule has 1 heterocycles. The summed E-state index contributed by atoms with van der Waals surface area (Å²) in [6.07, 6.45) is 3.36. The Hall–Kier alpha value is -1.36. The second-order valence-corrected chi connectivity index (χ2v) is 2.44. The third-order valence-corrected chi connectivity index (χ3v) is 1.35. The molecule has 12 heavy (non-hydrogen) atoms. The zero-order valence-corrected chi connectivity index (χ0v) is 7.07. The lowest BCUT2D eigenvalue weighted by Gasteiger charge is -2.02. The molecule has 1 aromatic heterocycles. The van der Waals surface area contributed by atoms with E-state index in [9.17, 15) is 4.79 Å². The molecule has 5 nitrogen and oxygen atoms in total. The van der Waals surface area contributed by atoms with Crippen LogP contribution >= 0.6 is 0 Å². The minimum Gasteiger partial charge on any atom is -0.336 e. The lowest BCUT2D eigenvalue weighted by molar-refractivity contribution is -0.132. The van der Waals surface area contributed by atoms with Gasteiger partial charge in [0.05, 0.1) is 18.2 Å². The molecule has 66 valence electrons. The van der Waals surface area contributed by atoms with Crippen molar-refractivity contribution < 1.29 is 9.63 Å². The first-order valence-electron chi connectivity index (χ1n) is 3.53. The number of aromatic nitrogens is 2. The first-order valence-corrected chi connectivity index (χ1v) is 3.53. The van der Waals surface area contributed by atoms with E-state index in [0.717, 1.165) is 5.69 Å². The van der Waals surface area contributed by atoms with Crippen molar-refractivity contribution in [2.24, 2.45) is 7.05 Å². The number of rotatable bonds is 3. The van der Waals surface area contributed by atoms with Gasteiger partial charge in [-0.05, 0) is 0 Å². The summed E-state index contributed by atoms with van der Waals surface area (Å²) in [5.41, 5.74) is 3.14. The van der Waals surface area contributed by atoms with Crippen LogP contribution in [0.1, 0.15) is 12.6 Å². The number of hydroxylamine groups is 1. The van der Waals surface area contributed by atoms with Crippen LogP contribution in [-0.2, 0) is 23.3 Å². The predicted molar refractivity (Wildman–Crippen MR) is 41.8 cm³/mol. The van der Waals surface area contributed by atoms with E-state index in [1.54, 1.807) is 12.5 Å². The molecule has 0 bridgehead atoms. The number of hydrogen-bond acceptors (Lipinski definition) is 3. The summed E-state index contributed by atoms with van der Waals surface area (Å²) in [5, 5.41) is 0. The van der Waals surface area contributed by atoms with Gasteiger partial charge in [0.1, 0.15) is 6.61 Å². The second-order valence-electron chi connectivity index (χ2n) is 2.44. The standard InChI is InChI=1S/C7H11N3O2/c1-6(11)9-12-4-7-3-8-5-10(7)2/h3,5H,4H2,1-2H3,(H,9,11). The van der Waals surface area contributed by atoms with E-state index in [-0.39, 0.29) is 5.91 Å². The van der Waals surface area contributed by atoms with Gasteiger partial charge in [0.2, 0.25) is 5.91 Å². The minimum absolute atomic E-state index is 0.211. The first kappa shape index (κ1) is 8.73. The van der Waals surface area contributed by atoms with Gasteiger partial charge in [0.15, 0.2) is 0 Å². The molecule has 0 aliphatic carbocycles. The van der Waals surface area contributed by atoms with Crippen LogP contribution in [0.15, 0.2) is 12.5 Å². The molecule has 0 fully saturated rings. The SMILES string of the molecule is CC(=O)NOCc1cncn1C. The summed E-state index contributed by atoms with van der Waals surface area (Å²) in [6.45, 7) is 1.72. The molecule has 1 amide bonds. The van der Waals surface area contributed by atoms with Crippen LogP contribution in [0.3, 0.4) is 0 Å². The summed E-state index contributed by atoms with van der Waals surface area (Å²) in [4.78, 5) is 19.1. The molecular weight excluding hydrogens is 158 g/mol. The third-order valence-electron chi connectivity index (χ3n) is 1.35. The van der Waals surface area contributed by atoms with Crippen LogP contribution in [-0.4, -0.2) is 15.5 Å². The highest BCUT2D eigenvalue weighted by Crippen LogP contribution is 1.96. The Morgan fingerprint density at radius 3 is 3.08 bits per heavy atom. The van der Waals surface area contributed by atoms with Gasteiger partial charge in [0, 0.05) is 14.0 Å². The number of amides is 1. The molecule has 0 aliphatic heterocycles. The largest absolute Gasteiger partial charge is 0.336 e. The molecule has 0 radical (unpaired) electrons. The smallest absolute Gasteiger partial charge is 0.240 e. The van der Waals surface area contributed by atoms with Gasteiger partial charge in [-0.3, -0.25) is 9.63 Å². The summed E-state index contributed by atoms with van der Waals surface area (Å²) in [6, 6.07) is 0. The fourth-order valence-electron chi connectivity index (χ4n) is 0.735. The van der Waals surface area contributed by atoms with Gasteiger partial charge >= 0.3 is 0 Å². The maximum atomic E-state index is 10.4. The summed E-state index contributed by atoms with van der Waals surface area (Å²) >= 11 is 0. The number of nitrogens with zero attached hydrogens (tertiary/aromatic N) is 2. The Morgan fingerprint density at radius 2 is 2.58 bits per heavy atom. The molecule has 1 rings (SSSR count). The van der Waals surface area contributed by atoms with Crippen molar-refractivity contribution in [3.05, 3.63) is 18.2 Å². The zero-order chi connectivity index (χ0) is 8.97. The molecule has 1 aromatic rings. The Labute approximate surface area is 70.3 Å². The lowest BCUT2D eigenvalue weighted by Crippen LogP contribution is -2.20. The van der Waals surface area contributed by atoms with E-state index >= 15 is 0 Å². The Morgan fingerprint density at radius 1 is 1.83 bits per heavy atom. The van der Waals surface area contributed by atoms with Crippen molar-refractivity contribution in [3.63, 3.8) is 0 Å². The van der Waals surface area contributed by atoms with Crippen LogP contribution < -0.4 is 5.48 Å². The molecule has 0 aromatic carbocycles. The highest BCUT2D eigenvalue weighted by atomic mass is 16.6. The molecule has 0 saturated carbocycles. The molecule has 0 unspecified atom stereocenters. The maximum Gasteiger partial charge on any atom is 0.240 e. The van der Waals surface area contributed by atoms with Gasteiger partial charge in [-0.2, -0.15) is 0 Å². The number of aryl methyl sites for hydroxylation is 1. The molecule has 0 saturated heterocycles. The van der Waals surface area contributed by atoms with Crippen LogP contribution in [0.4, 0.5) is 0 Å². The van der Waals surface area contributed by atoms with Gasteiger partial charge < -0.3 is 4.57 Å². The fourth-order valence-corrected chi connectivity index (χ4v) is 0.735. The monoisotopic (exact) mass is 169 g/mol. The molecule has 0 atom stereocenters. The number of carbonyl (C=O) groups is 1. The van der Waals surface area contributed by atoms with Gasteiger partial charge in [-0.25, -0.2) is 10.5 Å². The quantitative estimate of drug-likeness (QED) is 0.647. The lowest BCUT2D eigenvalue weighted by atomic mass is 10.5. The van der Waals surface area contributed by atoms with E-state index in [1.165, 1.54) is 6.92 Å². The minimum atomic E-state index is -0.211. The van der Waals surface area contributed by atoms with Crippen LogP contribution in [0.2, 0.25) is 0 Å². The third kappa shape index (κ3) is 2.35. The zero-order valence-electron chi connectivity index (χ0n) is 7.07. The Balaban J connectivity index is 2.33. The highest BCUT2D eigenvalue weighted by molar-refractivity contribution is 5.71. The van der Waals surface area contributed by atoms with Crippen molar-refractivity contribution in [1.29, 1.82) is 0 Å².